The van der Waals surface area contributed by atoms with Crippen LogP contribution in [0.5, 0.6) is 0 Å². The zero-order valence-electron chi connectivity index (χ0n) is 25.5. The number of amides is 2. The van der Waals surface area contributed by atoms with Gasteiger partial charge in [0.1, 0.15) is 12.6 Å². The smallest absolute Gasteiger partial charge is 0.264 e. The average molecular weight is 711 g/mol. The molecule has 0 aliphatic heterocycles. The van der Waals surface area contributed by atoms with E-state index in [1.54, 1.807) is 25.1 Å². The molecule has 0 unspecified atom stereocenters. The van der Waals surface area contributed by atoms with E-state index in [1.165, 1.54) is 29.2 Å². The summed E-state index contributed by atoms with van der Waals surface area (Å²) in [6.07, 6.45) is 0.959. The molecule has 1 N–H and O–H groups in total. The third kappa shape index (κ3) is 8.96. The Balaban J connectivity index is 1.82. The first-order valence-electron chi connectivity index (χ1n) is 14.7. The summed E-state index contributed by atoms with van der Waals surface area (Å²) in [5.74, 6) is -0.824. The Labute approximate surface area is 279 Å². The summed E-state index contributed by atoms with van der Waals surface area (Å²) >= 11 is 9.57. The van der Waals surface area contributed by atoms with Gasteiger partial charge in [-0.15, -0.1) is 0 Å². The molecule has 10 heteroatoms. The largest absolute Gasteiger partial charge is 0.352 e. The summed E-state index contributed by atoms with van der Waals surface area (Å²) in [4.78, 5) is 30.0. The molecular formula is C35H37BrClN3O4S. The molecular weight excluding hydrogens is 674 g/mol. The SMILES string of the molecule is CC[C@@H](C)NC(=O)[C@H](Cc1ccccc1)N(Cc1cccc(Br)c1)C(=O)CN(c1ccccc1C)S(=O)(=O)c1ccc(Cl)cc1. The molecule has 0 bridgehead atoms. The van der Waals surface area contributed by atoms with E-state index in [0.717, 1.165) is 19.9 Å². The molecule has 0 aromatic heterocycles. The van der Waals surface area contributed by atoms with Crippen molar-refractivity contribution in [3.8, 4) is 0 Å². The number of benzene rings is 4. The minimum atomic E-state index is -4.21. The van der Waals surface area contributed by atoms with Gasteiger partial charge in [-0.25, -0.2) is 8.42 Å². The Kier molecular flexibility index (Phi) is 11.8. The minimum Gasteiger partial charge on any atom is -0.352 e. The van der Waals surface area contributed by atoms with Crippen molar-refractivity contribution in [1.29, 1.82) is 0 Å². The lowest BCUT2D eigenvalue weighted by Gasteiger charge is -2.34. The van der Waals surface area contributed by atoms with E-state index in [1.807, 2.05) is 74.5 Å². The molecule has 4 aromatic carbocycles. The Morgan fingerprint density at radius 2 is 1.53 bits per heavy atom. The maximum atomic E-state index is 14.6. The molecule has 0 fully saturated rings. The number of nitrogens with zero attached hydrogens (tertiary/aromatic N) is 2. The Hall–Kier alpha value is -3.66. The number of nitrogens with one attached hydrogen (secondary N) is 1. The summed E-state index contributed by atoms with van der Waals surface area (Å²) in [5.41, 5.74) is 2.71. The van der Waals surface area contributed by atoms with Crippen LogP contribution in [0.15, 0.2) is 112 Å². The van der Waals surface area contributed by atoms with Gasteiger partial charge < -0.3 is 10.2 Å². The van der Waals surface area contributed by atoms with Gasteiger partial charge in [-0.05, 0) is 79.4 Å². The quantitative estimate of drug-likeness (QED) is 0.160. The van der Waals surface area contributed by atoms with Crippen molar-refractivity contribution in [3.63, 3.8) is 0 Å². The monoisotopic (exact) mass is 709 g/mol. The van der Waals surface area contributed by atoms with Crippen LogP contribution in [-0.4, -0.2) is 43.8 Å². The molecule has 7 nitrogen and oxygen atoms in total. The second-order valence-corrected chi connectivity index (χ2v) is 14.1. The first-order valence-corrected chi connectivity index (χ1v) is 17.3. The van der Waals surface area contributed by atoms with Crippen LogP contribution in [0, 0.1) is 6.92 Å². The first-order chi connectivity index (χ1) is 21.5. The fourth-order valence-corrected chi connectivity index (χ4v) is 6.97. The maximum absolute atomic E-state index is 14.6. The van der Waals surface area contributed by atoms with Gasteiger partial charge in [0, 0.05) is 28.5 Å². The third-order valence-corrected chi connectivity index (χ3v) is 10.1. The summed E-state index contributed by atoms with van der Waals surface area (Å²) < 4.78 is 30.3. The summed E-state index contributed by atoms with van der Waals surface area (Å²) in [6.45, 7) is 5.25. The van der Waals surface area contributed by atoms with Gasteiger partial charge in [-0.1, -0.05) is 95.1 Å². The van der Waals surface area contributed by atoms with Gasteiger partial charge in [0.05, 0.1) is 10.6 Å². The second kappa shape index (κ2) is 15.6. The van der Waals surface area contributed by atoms with Gasteiger partial charge in [0.2, 0.25) is 11.8 Å². The zero-order chi connectivity index (χ0) is 32.6. The molecule has 0 spiro atoms. The Morgan fingerprint density at radius 1 is 0.889 bits per heavy atom. The topological polar surface area (TPSA) is 86.8 Å². The lowest BCUT2D eigenvalue weighted by Crippen LogP contribution is -2.54. The molecule has 45 heavy (non-hydrogen) atoms. The molecule has 0 saturated carbocycles. The van der Waals surface area contributed by atoms with Crippen LogP contribution in [-0.2, 0) is 32.6 Å². The molecule has 0 saturated heterocycles. The van der Waals surface area contributed by atoms with Crippen molar-refractivity contribution in [2.75, 3.05) is 10.8 Å². The summed E-state index contributed by atoms with van der Waals surface area (Å²) in [6, 6.07) is 28.8. The fourth-order valence-electron chi connectivity index (χ4n) is 4.92. The van der Waals surface area contributed by atoms with Crippen LogP contribution in [0.4, 0.5) is 5.69 Å². The van der Waals surface area contributed by atoms with Crippen LogP contribution in [0.25, 0.3) is 0 Å². The lowest BCUT2D eigenvalue weighted by atomic mass is 10.0. The summed E-state index contributed by atoms with van der Waals surface area (Å²) in [7, 11) is -4.21. The highest BCUT2D eigenvalue weighted by molar-refractivity contribution is 9.10. The van der Waals surface area contributed by atoms with Crippen LogP contribution >= 0.6 is 27.5 Å². The van der Waals surface area contributed by atoms with Crippen molar-refractivity contribution < 1.29 is 18.0 Å². The van der Waals surface area contributed by atoms with Crippen molar-refractivity contribution in [3.05, 3.63) is 129 Å². The number of sulfonamides is 1. The molecule has 2 atom stereocenters. The van der Waals surface area contributed by atoms with Crippen LogP contribution in [0.2, 0.25) is 5.02 Å². The second-order valence-electron chi connectivity index (χ2n) is 10.9. The molecule has 2 amide bonds. The third-order valence-electron chi connectivity index (χ3n) is 7.58. The Bertz CT molecular complexity index is 1720. The van der Waals surface area contributed by atoms with Crippen LogP contribution < -0.4 is 9.62 Å². The van der Waals surface area contributed by atoms with Gasteiger partial charge in [0.15, 0.2) is 0 Å². The van der Waals surface area contributed by atoms with Gasteiger partial charge in [-0.2, -0.15) is 0 Å². The van der Waals surface area contributed by atoms with E-state index in [0.29, 0.717) is 22.7 Å². The highest BCUT2D eigenvalue weighted by Crippen LogP contribution is 2.28. The van der Waals surface area contributed by atoms with Gasteiger partial charge in [-0.3, -0.25) is 13.9 Å². The maximum Gasteiger partial charge on any atom is 0.264 e. The Morgan fingerprint density at radius 3 is 2.18 bits per heavy atom. The average Bonchev–Trinajstić information content (AvgIpc) is 3.02. The highest BCUT2D eigenvalue weighted by atomic mass is 79.9. The minimum absolute atomic E-state index is 0.00292. The highest BCUT2D eigenvalue weighted by Gasteiger charge is 2.35. The summed E-state index contributed by atoms with van der Waals surface area (Å²) in [5, 5.41) is 3.44. The van der Waals surface area contributed by atoms with Gasteiger partial charge in [0.25, 0.3) is 10.0 Å². The van der Waals surface area contributed by atoms with Crippen LogP contribution in [0.3, 0.4) is 0 Å². The van der Waals surface area contributed by atoms with Crippen molar-refractivity contribution in [2.24, 2.45) is 0 Å². The number of carbonyl (C=O) groups is 2. The number of aryl methyl sites for hydroxylation is 1. The van der Waals surface area contributed by atoms with E-state index in [-0.39, 0.29) is 29.8 Å². The zero-order valence-corrected chi connectivity index (χ0v) is 28.6. The van der Waals surface area contributed by atoms with Gasteiger partial charge >= 0.3 is 0 Å². The number of rotatable bonds is 13. The van der Waals surface area contributed by atoms with E-state index in [9.17, 15) is 18.0 Å². The standard InChI is InChI=1S/C35H37BrClN3O4S/c1-4-26(3)38-35(42)33(22-27-12-6-5-7-13-27)39(23-28-14-10-15-29(36)21-28)34(41)24-40(32-16-9-8-11-25(32)2)45(43,44)31-19-17-30(37)18-20-31/h5-21,26,33H,4,22-24H2,1-3H3,(H,38,42)/t26-,33+/m1/s1. The first kappa shape index (κ1) is 34.2. The van der Waals surface area contributed by atoms with E-state index < -0.39 is 28.5 Å². The van der Waals surface area contributed by atoms with Crippen molar-refractivity contribution in [2.45, 2.75) is 57.1 Å². The number of anilines is 1. The van der Waals surface area contributed by atoms with E-state index in [4.69, 9.17) is 11.6 Å². The lowest BCUT2D eigenvalue weighted by molar-refractivity contribution is -0.140. The number of hydrogen-bond donors (Lipinski definition) is 1. The number of carbonyl (C=O) groups excluding carboxylic acids is 2. The predicted molar refractivity (Wildman–Crippen MR) is 184 cm³/mol. The van der Waals surface area contributed by atoms with Crippen molar-refractivity contribution in [1.82, 2.24) is 10.2 Å². The number of halogens is 2. The number of hydrogen-bond acceptors (Lipinski definition) is 4. The van der Waals surface area contributed by atoms with Crippen molar-refractivity contribution >= 4 is 55.1 Å². The number of para-hydroxylation sites is 1. The predicted octanol–water partition coefficient (Wildman–Crippen LogP) is 7.16. The molecule has 4 aromatic rings. The molecule has 0 aliphatic rings. The molecule has 0 radical (unpaired) electrons. The van der Waals surface area contributed by atoms with E-state index in [2.05, 4.69) is 21.2 Å². The van der Waals surface area contributed by atoms with E-state index >= 15 is 0 Å². The molecule has 236 valence electrons. The fraction of sp³-hybridized carbons (Fsp3) is 0.257. The normalized spacial score (nSPS) is 12.6. The molecule has 0 aliphatic carbocycles. The molecule has 0 heterocycles. The van der Waals surface area contributed by atoms with Crippen LogP contribution in [0.1, 0.15) is 37.0 Å². The molecule has 4 rings (SSSR count).